The van der Waals surface area contributed by atoms with Crippen LogP contribution in [-0.2, 0) is 14.4 Å². The van der Waals surface area contributed by atoms with Gasteiger partial charge in [-0.1, -0.05) is 30.4 Å². The van der Waals surface area contributed by atoms with E-state index >= 15 is 0 Å². The summed E-state index contributed by atoms with van der Waals surface area (Å²) in [4.78, 5) is 56.8. The summed E-state index contributed by atoms with van der Waals surface area (Å²) in [5, 5.41) is 28.0. The number of methoxy groups -OCH3 is 2. The molecule has 0 bridgehead atoms. The molecular weight excluding hydrogens is 560 g/mol. The number of ether oxygens (including phenoxy) is 3. The smallest absolute Gasteiger partial charge is 0.339 e. The molecule has 3 aromatic rings. The number of Topliss-reactive ketones (excluding diaryl/α,β-unsaturated/α-hetero) is 1. The van der Waals surface area contributed by atoms with Crippen LogP contribution in [0.5, 0.6) is 28.7 Å². The third kappa shape index (κ3) is 10.3. The minimum Gasteiger partial charge on any atom is -0.504 e. The molecular formula is C32H30O11. The lowest BCUT2D eigenvalue weighted by atomic mass is 10.1. The second-order valence-corrected chi connectivity index (χ2v) is 8.78. The van der Waals surface area contributed by atoms with Gasteiger partial charge in [0.05, 0.1) is 26.2 Å². The molecule has 0 radical (unpaired) electrons. The number of rotatable bonds is 11. The van der Waals surface area contributed by atoms with Crippen molar-refractivity contribution in [2.24, 2.45) is 0 Å². The second-order valence-electron chi connectivity index (χ2n) is 8.78. The summed E-state index contributed by atoms with van der Waals surface area (Å²) < 4.78 is 14.8. The number of allylic oxidation sites excluding steroid dienone is 2. The number of aromatic carboxylic acids is 1. The predicted octanol–water partition coefficient (Wildman–Crippen LogP) is 4.88. The molecule has 43 heavy (non-hydrogen) atoms. The lowest BCUT2D eigenvalue weighted by Gasteiger charge is -2.09. The van der Waals surface area contributed by atoms with Crippen molar-refractivity contribution in [1.29, 1.82) is 0 Å². The number of benzene rings is 3. The predicted molar refractivity (Wildman–Crippen MR) is 157 cm³/mol. The van der Waals surface area contributed by atoms with Crippen LogP contribution in [-0.4, -0.2) is 58.8 Å². The number of para-hydroxylation sites is 1. The van der Waals surface area contributed by atoms with Gasteiger partial charge in [-0.3, -0.25) is 19.2 Å². The van der Waals surface area contributed by atoms with Crippen molar-refractivity contribution >= 4 is 41.4 Å². The molecule has 0 saturated carbocycles. The van der Waals surface area contributed by atoms with Crippen molar-refractivity contribution in [2.75, 3.05) is 14.2 Å². The summed E-state index contributed by atoms with van der Waals surface area (Å²) in [6.45, 7) is 2.41. The fourth-order valence-corrected chi connectivity index (χ4v) is 3.50. The minimum absolute atomic E-state index is 0.00662. The summed E-state index contributed by atoms with van der Waals surface area (Å²) in [7, 11) is 2.87. The average Bonchev–Trinajstić information content (AvgIpc) is 2.96. The number of aromatic hydroxyl groups is 2. The Morgan fingerprint density at radius 2 is 1.19 bits per heavy atom. The van der Waals surface area contributed by atoms with Crippen molar-refractivity contribution in [2.45, 2.75) is 20.3 Å². The first-order chi connectivity index (χ1) is 20.4. The van der Waals surface area contributed by atoms with Crippen LogP contribution in [0, 0.1) is 0 Å². The zero-order valence-electron chi connectivity index (χ0n) is 23.8. The molecule has 0 aliphatic heterocycles. The molecule has 0 amide bonds. The van der Waals surface area contributed by atoms with Gasteiger partial charge in [-0.15, -0.1) is 0 Å². The van der Waals surface area contributed by atoms with Gasteiger partial charge in [0.1, 0.15) is 5.56 Å². The van der Waals surface area contributed by atoms with Crippen molar-refractivity contribution in [3.8, 4) is 28.7 Å². The van der Waals surface area contributed by atoms with E-state index < -0.39 is 11.9 Å². The molecule has 0 aromatic heterocycles. The summed E-state index contributed by atoms with van der Waals surface area (Å²) in [5.74, 6) is -2.56. The molecule has 11 heteroatoms. The summed E-state index contributed by atoms with van der Waals surface area (Å²) in [6.07, 6.45) is 5.44. The molecule has 0 aliphatic carbocycles. The average molecular weight is 591 g/mol. The Morgan fingerprint density at radius 1 is 0.721 bits per heavy atom. The number of ketones is 3. The standard InChI is InChI=1S/C21H20O6.C11H10O5/c1-26-20-11-14(5-9-18(20)24)3-7-16(22)13-17(23)8-4-15-6-10-19(25)21(12-15)27-2;1-6(12)8-4-3-5-9(11(14)15)10(8)16-7(2)13/h3-12,24-25H,13H2,1-2H3;3-5H,1-2H3,(H,14,15). The fourth-order valence-electron chi connectivity index (χ4n) is 3.50. The van der Waals surface area contributed by atoms with Crippen LogP contribution in [0.1, 0.15) is 52.1 Å². The largest absolute Gasteiger partial charge is 0.504 e. The van der Waals surface area contributed by atoms with E-state index in [0.717, 1.165) is 6.92 Å². The summed E-state index contributed by atoms with van der Waals surface area (Å²) >= 11 is 0. The van der Waals surface area contributed by atoms with E-state index in [9.17, 15) is 34.2 Å². The highest BCUT2D eigenvalue weighted by molar-refractivity contribution is 6.11. The molecule has 3 aromatic carbocycles. The molecule has 0 atom stereocenters. The van der Waals surface area contributed by atoms with E-state index in [1.807, 2.05) is 0 Å². The lowest BCUT2D eigenvalue weighted by Crippen LogP contribution is -2.11. The van der Waals surface area contributed by atoms with E-state index in [4.69, 9.17) is 19.3 Å². The topological polar surface area (TPSA) is 174 Å². The third-order valence-corrected chi connectivity index (χ3v) is 5.55. The zero-order valence-corrected chi connectivity index (χ0v) is 23.8. The number of phenolic OH excluding ortho intramolecular Hbond substituents is 2. The van der Waals surface area contributed by atoms with Gasteiger partial charge < -0.3 is 29.5 Å². The van der Waals surface area contributed by atoms with Crippen LogP contribution in [0.25, 0.3) is 12.2 Å². The van der Waals surface area contributed by atoms with Crippen LogP contribution in [0.15, 0.2) is 66.7 Å². The summed E-state index contributed by atoms with van der Waals surface area (Å²) in [6, 6.07) is 13.4. The highest BCUT2D eigenvalue weighted by Gasteiger charge is 2.19. The van der Waals surface area contributed by atoms with Crippen LogP contribution in [0.4, 0.5) is 0 Å². The van der Waals surface area contributed by atoms with Gasteiger partial charge >= 0.3 is 11.9 Å². The number of carboxylic acids is 1. The maximum absolute atomic E-state index is 11.9. The van der Waals surface area contributed by atoms with Gasteiger partial charge in [-0.05, 0) is 66.6 Å². The first kappa shape index (κ1) is 33.5. The monoisotopic (exact) mass is 590 g/mol. The minimum atomic E-state index is -1.25. The Bertz CT molecular complexity index is 1480. The number of carbonyl (C=O) groups is 5. The van der Waals surface area contributed by atoms with E-state index in [0.29, 0.717) is 22.6 Å². The maximum Gasteiger partial charge on any atom is 0.339 e. The SMILES string of the molecule is CC(=O)Oc1c(C(C)=O)cccc1C(=O)O.COc1cc(C=CC(=O)CC(=O)C=Cc2ccc(O)c(OC)c2)ccc1O. The summed E-state index contributed by atoms with van der Waals surface area (Å²) in [5.41, 5.74) is 1.20. The van der Waals surface area contributed by atoms with Crippen molar-refractivity contribution in [3.05, 3.63) is 89.0 Å². The van der Waals surface area contributed by atoms with Gasteiger partial charge in [0.25, 0.3) is 0 Å². The number of hydrogen-bond acceptors (Lipinski definition) is 10. The number of phenols is 2. The van der Waals surface area contributed by atoms with Gasteiger partial charge in [-0.25, -0.2) is 4.79 Å². The molecule has 0 spiro atoms. The normalized spacial score (nSPS) is 10.5. The van der Waals surface area contributed by atoms with Crippen LogP contribution < -0.4 is 14.2 Å². The van der Waals surface area contributed by atoms with E-state index in [1.165, 1.54) is 63.6 Å². The molecule has 0 fully saturated rings. The van der Waals surface area contributed by atoms with Crippen LogP contribution in [0.3, 0.4) is 0 Å². The van der Waals surface area contributed by atoms with Gasteiger partial charge in [0.2, 0.25) is 0 Å². The highest BCUT2D eigenvalue weighted by atomic mass is 16.5. The Kier molecular flexibility index (Phi) is 12.4. The van der Waals surface area contributed by atoms with Crippen LogP contribution in [0.2, 0.25) is 0 Å². The Balaban J connectivity index is 0.000000344. The molecule has 0 aliphatic rings. The van der Waals surface area contributed by atoms with Crippen molar-refractivity contribution in [1.82, 2.24) is 0 Å². The lowest BCUT2D eigenvalue weighted by molar-refractivity contribution is -0.132. The molecule has 3 N–H and O–H groups in total. The molecule has 0 saturated heterocycles. The van der Waals surface area contributed by atoms with E-state index in [2.05, 4.69) is 0 Å². The number of carboxylic acid groups (broad SMARTS) is 1. The molecule has 3 rings (SSSR count). The first-order valence-electron chi connectivity index (χ1n) is 12.6. The number of esters is 1. The van der Waals surface area contributed by atoms with Gasteiger partial charge in [0.15, 0.2) is 46.1 Å². The number of hydrogen-bond donors (Lipinski definition) is 3. The first-order valence-corrected chi connectivity index (χ1v) is 12.6. The molecule has 0 heterocycles. The molecule has 0 unspecified atom stereocenters. The molecule has 11 nitrogen and oxygen atoms in total. The quantitative estimate of drug-likeness (QED) is 0.0913. The maximum atomic E-state index is 11.9. The van der Waals surface area contributed by atoms with Crippen molar-refractivity contribution in [3.63, 3.8) is 0 Å². The Labute approximate surface area is 247 Å². The van der Waals surface area contributed by atoms with Crippen molar-refractivity contribution < 1.29 is 53.5 Å². The Morgan fingerprint density at radius 3 is 1.58 bits per heavy atom. The fraction of sp³-hybridized carbons (Fsp3) is 0.156. The molecule has 224 valence electrons. The zero-order chi connectivity index (χ0) is 32.1. The van der Waals surface area contributed by atoms with Gasteiger partial charge in [-0.2, -0.15) is 0 Å². The van der Waals surface area contributed by atoms with Crippen LogP contribution >= 0.6 is 0 Å². The van der Waals surface area contributed by atoms with Gasteiger partial charge in [0, 0.05) is 6.92 Å². The highest BCUT2D eigenvalue weighted by Crippen LogP contribution is 2.28. The Hall–Kier alpha value is -5.71. The number of carbonyl (C=O) groups excluding carboxylic acids is 4. The van der Waals surface area contributed by atoms with E-state index in [-0.39, 0.29) is 52.1 Å². The second kappa shape index (κ2) is 15.9. The van der Waals surface area contributed by atoms with E-state index in [1.54, 1.807) is 36.4 Å². The third-order valence-electron chi connectivity index (χ3n) is 5.55.